The maximum absolute atomic E-state index is 14.0. The van der Waals surface area contributed by atoms with Crippen molar-refractivity contribution < 1.29 is 64.9 Å². The number of benzene rings is 8. The largest absolute Gasteiger partial charge is 0.391 e. The predicted molar refractivity (Wildman–Crippen MR) is 426 cm³/mol. The summed E-state index contributed by atoms with van der Waals surface area (Å²) in [6, 6.07) is 49.6. The molecule has 4 amide bonds. The zero-order chi connectivity index (χ0) is 78.9. The Hall–Kier alpha value is -7.83. The Kier molecular flexibility index (Phi) is 37.9. The molecule has 0 spiro atoms. The Bertz CT molecular complexity index is 4230. The Morgan fingerprint density at radius 3 is 1.60 bits per heavy atom. The van der Waals surface area contributed by atoms with Crippen molar-refractivity contribution in [1.82, 2.24) is 24.7 Å². The topological polar surface area (TPSA) is 275 Å². The number of rotatable bonds is 38. The number of halogens is 7. The second-order valence-corrected chi connectivity index (χ2v) is 31.0. The van der Waals surface area contributed by atoms with Gasteiger partial charge >= 0.3 is 0 Å². The van der Waals surface area contributed by atoms with Crippen molar-refractivity contribution in [3.63, 3.8) is 0 Å². The van der Waals surface area contributed by atoms with E-state index in [1.54, 1.807) is 42.5 Å². The van der Waals surface area contributed by atoms with Gasteiger partial charge in [-0.2, -0.15) is 0 Å². The van der Waals surface area contributed by atoms with Crippen LogP contribution in [0.25, 0.3) is 0 Å². The number of aliphatic hydroxyl groups excluding tert-OH is 3. The third-order valence-corrected chi connectivity index (χ3v) is 21.0. The summed E-state index contributed by atoms with van der Waals surface area (Å²) in [7, 11) is -3.70. The van der Waals surface area contributed by atoms with Crippen LogP contribution in [0.1, 0.15) is 120 Å². The smallest absolute Gasteiger partial charge is 0.254 e. The Morgan fingerprint density at radius 2 is 1.03 bits per heavy atom. The summed E-state index contributed by atoms with van der Waals surface area (Å²) in [5.41, 5.74) is 25.4. The first-order valence-electron chi connectivity index (χ1n) is 36.3. The Labute approximate surface area is 654 Å². The van der Waals surface area contributed by atoms with Crippen molar-refractivity contribution in [3.05, 3.63) is 281 Å². The number of nitrogens with two attached hydrogens (primary N) is 3. The van der Waals surface area contributed by atoms with Crippen LogP contribution >= 0.6 is 38.5 Å². The van der Waals surface area contributed by atoms with Crippen LogP contribution in [0.15, 0.2) is 193 Å². The first-order valence-corrected chi connectivity index (χ1v) is 39.8. The fraction of sp³-hybridized carbons (Fsp3) is 0.373. The lowest BCUT2D eigenvalue weighted by molar-refractivity contribution is -0.133. The van der Waals surface area contributed by atoms with Crippen molar-refractivity contribution >= 4 is 72.2 Å². The molecule has 0 saturated carbocycles. The Balaban J connectivity index is 0.000000254. The molecule has 11 N–H and O–H groups in total. The minimum atomic E-state index is -3.70. The SMILES string of the molecule is CCCN(CCC)S(=O)(=O)CC(C[C@@H](O)[C@@H](N)Cc1cccc(Br)c1)C(=O)NCc1ccccc1.CCCNC(=O)Cc1ccccc1C(=O)N(Cc1cccc(CC)c1)C[C@@H](O)[C@@H](N)Cc1cc(F)cc(F)c1.N[C@@H](Cc1cc(F)cc(F)c1)[C@H](O)CN(Cc1cccc(I)c1)C(=O)CCc1ccccc1F. The highest BCUT2D eigenvalue weighted by Crippen LogP contribution is 2.24. The van der Waals surface area contributed by atoms with E-state index in [0.717, 1.165) is 60.8 Å². The molecule has 108 heavy (non-hydrogen) atoms. The maximum Gasteiger partial charge on any atom is 0.254 e. The van der Waals surface area contributed by atoms with Gasteiger partial charge in [0.15, 0.2) is 0 Å². The van der Waals surface area contributed by atoms with Crippen LogP contribution in [0.2, 0.25) is 0 Å². The summed E-state index contributed by atoms with van der Waals surface area (Å²) < 4.78 is 98.1. The van der Waals surface area contributed by atoms with E-state index in [0.29, 0.717) is 66.7 Å². The van der Waals surface area contributed by atoms with E-state index >= 15 is 0 Å². The molecule has 0 aliphatic heterocycles. The number of aliphatic hydroxyl groups is 3. The number of aryl methyl sites for hydroxylation is 2. The molecule has 0 aliphatic carbocycles. The molecule has 0 aromatic heterocycles. The summed E-state index contributed by atoms with van der Waals surface area (Å²) >= 11 is 5.60. The highest BCUT2D eigenvalue weighted by atomic mass is 127. The molecule has 0 saturated heterocycles. The van der Waals surface area contributed by atoms with Crippen LogP contribution in [0, 0.1) is 38.6 Å². The summed E-state index contributed by atoms with van der Waals surface area (Å²) in [4.78, 5) is 55.5. The van der Waals surface area contributed by atoms with Gasteiger partial charge in [-0.25, -0.2) is 34.7 Å². The van der Waals surface area contributed by atoms with Gasteiger partial charge in [0.05, 0.1) is 36.4 Å². The zero-order valence-electron chi connectivity index (χ0n) is 61.5. The fourth-order valence-electron chi connectivity index (χ4n) is 12.1. The summed E-state index contributed by atoms with van der Waals surface area (Å²) in [5.74, 6) is -5.74. The molecule has 0 aliphatic rings. The molecule has 0 heterocycles. The highest BCUT2D eigenvalue weighted by molar-refractivity contribution is 14.1. The number of amides is 4. The average molecular weight is 1690 g/mol. The highest BCUT2D eigenvalue weighted by Gasteiger charge is 2.34. The molecule has 1 unspecified atom stereocenters. The number of sulfonamides is 1. The monoisotopic (exact) mass is 1690 g/mol. The Morgan fingerprint density at radius 1 is 0.528 bits per heavy atom. The van der Waals surface area contributed by atoms with Crippen molar-refractivity contribution in [2.24, 2.45) is 23.1 Å². The lowest BCUT2D eigenvalue weighted by atomic mass is 9.94. The second kappa shape index (κ2) is 46.0. The van der Waals surface area contributed by atoms with Gasteiger partial charge in [0.1, 0.15) is 29.1 Å². The molecule has 7 atom stereocenters. The molecular weight excluding hydrogens is 1590 g/mol. The first kappa shape index (κ1) is 89.1. The van der Waals surface area contributed by atoms with Crippen molar-refractivity contribution in [1.29, 1.82) is 0 Å². The summed E-state index contributed by atoms with van der Waals surface area (Å²) in [5, 5.41) is 38.3. The number of hydrogen-bond acceptors (Lipinski definition) is 12. The van der Waals surface area contributed by atoms with E-state index in [9.17, 15) is 64.9 Å². The average Bonchev–Trinajstić information content (AvgIpc) is 0.821. The molecule has 0 bridgehead atoms. The van der Waals surface area contributed by atoms with Crippen molar-refractivity contribution in [3.8, 4) is 0 Å². The van der Waals surface area contributed by atoms with Gasteiger partial charge < -0.3 is 53.0 Å². The van der Waals surface area contributed by atoms with Crippen molar-refractivity contribution in [2.45, 2.75) is 154 Å². The van der Waals surface area contributed by atoms with Gasteiger partial charge in [-0.1, -0.05) is 159 Å². The summed E-state index contributed by atoms with van der Waals surface area (Å²) in [6.45, 7) is 9.76. The van der Waals surface area contributed by atoms with Crippen LogP contribution in [-0.4, -0.2) is 136 Å². The van der Waals surface area contributed by atoms with Gasteiger partial charge in [-0.05, 0) is 191 Å². The van der Waals surface area contributed by atoms with E-state index in [1.807, 2.05) is 131 Å². The molecule has 0 radical (unpaired) electrons. The molecule has 17 nitrogen and oxygen atoms in total. The first-order chi connectivity index (χ1) is 51.6. The molecule has 582 valence electrons. The van der Waals surface area contributed by atoms with Gasteiger partial charge in [0.25, 0.3) is 5.91 Å². The van der Waals surface area contributed by atoms with Crippen LogP contribution in [0.3, 0.4) is 0 Å². The van der Waals surface area contributed by atoms with Crippen LogP contribution < -0.4 is 27.8 Å². The maximum atomic E-state index is 14.0. The number of nitrogens with one attached hydrogen (secondary N) is 2. The van der Waals surface area contributed by atoms with Crippen LogP contribution in [0.4, 0.5) is 22.0 Å². The molecule has 25 heteroatoms. The van der Waals surface area contributed by atoms with E-state index < -0.39 is 81.6 Å². The molecule has 8 rings (SSSR count). The van der Waals surface area contributed by atoms with Gasteiger partial charge in [0, 0.05) is 103 Å². The van der Waals surface area contributed by atoms with Gasteiger partial charge in [-0.3, -0.25) is 19.2 Å². The quantitative estimate of drug-likeness (QED) is 0.0133. The fourth-order valence-corrected chi connectivity index (χ4v) is 15.1. The van der Waals surface area contributed by atoms with E-state index in [-0.39, 0.29) is 101 Å². The number of nitrogens with zero attached hydrogens (tertiary/aromatic N) is 3. The normalized spacial score (nSPS) is 13.3. The van der Waals surface area contributed by atoms with Gasteiger partial charge in [0.2, 0.25) is 27.7 Å². The van der Waals surface area contributed by atoms with Crippen LogP contribution in [-0.2, 0) is 82.6 Å². The lowest BCUT2D eigenvalue weighted by Gasteiger charge is -2.29. The zero-order valence-corrected chi connectivity index (χ0v) is 66.1. The molecule has 8 aromatic carbocycles. The second-order valence-electron chi connectivity index (χ2n) is 26.8. The minimum absolute atomic E-state index is 0.0252. The van der Waals surface area contributed by atoms with Crippen LogP contribution in [0.5, 0.6) is 0 Å². The minimum Gasteiger partial charge on any atom is -0.391 e. The van der Waals surface area contributed by atoms with Gasteiger partial charge in [-0.15, -0.1) is 0 Å². The number of hydrogen-bond donors (Lipinski definition) is 8. The van der Waals surface area contributed by atoms with E-state index in [2.05, 4.69) is 49.2 Å². The lowest BCUT2D eigenvalue weighted by Crippen LogP contribution is -2.46. The van der Waals surface area contributed by atoms with Crippen molar-refractivity contribution in [2.75, 3.05) is 38.5 Å². The van der Waals surface area contributed by atoms with E-state index in [1.165, 1.54) is 44.4 Å². The standard InChI is InChI=1S/C31H37F2N3O3.C26H38BrN3O4S.C26H26F3IN2O2/c1-3-12-35-30(38)17-24-10-5-6-11-27(24)31(39)36(19-22-9-7-8-21(4-2)13-22)20-29(37)28(34)16-23-14-25(32)18-26(33)15-23;1-3-13-30(14-4-2)35(33,34)19-22(26(32)29-18-20-9-6-5-7-10-20)17-25(31)24(28)16-21-11-8-12-23(27)15-21;27-20-10-18(11-21(28)14-20)13-24(31)25(33)16-32(15-17-4-3-6-22(30)12-17)26(34)9-8-19-5-1-2-7-23(19)29/h5-11,13-15,18,28-29,37H,3-4,12,16-17,19-20,34H2,1-2H3,(H,35,38);5-12,15,22,24-25,31H,3-4,13-14,16-19,28H2,1-2H3,(H,29,32);1-7,10-12,14,24-25,33H,8-9,13,15-16,31H2/t28-,29+;22?,24-,25+;24-,25+/m000/s1. The third-order valence-electron chi connectivity index (χ3n) is 17.8. The molecular formula is C83H101BrF5IN8O9S. The molecule has 8 aromatic rings. The number of carbonyl (C=O) groups is 4. The van der Waals surface area contributed by atoms with E-state index in [4.69, 9.17) is 17.2 Å². The summed E-state index contributed by atoms with van der Waals surface area (Å²) in [6.07, 6.45) is 0.415. The predicted octanol–water partition coefficient (Wildman–Crippen LogP) is 12.2. The number of carbonyl (C=O) groups excluding carboxylic acids is 4. The third kappa shape index (κ3) is 30.9. The molecule has 0 fully saturated rings.